The van der Waals surface area contributed by atoms with Crippen molar-refractivity contribution in [2.45, 2.75) is 31.2 Å². The van der Waals surface area contributed by atoms with E-state index in [1.54, 1.807) is 0 Å². The zero-order valence-electron chi connectivity index (χ0n) is 14.9. The number of nitrogens with zero attached hydrogens (tertiary/aromatic N) is 3. The monoisotopic (exact) mass is 404 g/mol. The molecule has 0 aliphatic carbocycles. The summed E-state index contributed by atoms with van der Waals surface area (Å²) in [7, 11) is 1.92. The van der Waals surface area contributed by atoms with Crippen LogP contribution < -0.4 is 5.32 Å². The Hall–Kier alpha value is -2.36. The molecule has 1 aromatic carbocycles. The van der Waals surface area contributed by atoms with E-state index in [0.717, 1.165) is 49.7 Å². The fraction of sp³-hybridized carbons (Fsp3) is 0.444. The summed E-state index contributed by atoms with van der Waals surface area (Å²) in [6.07, 6.45) is -7.59. The molecule has 2 heterocycles. The largest absolute Gasteiger partial charge is 0.418 e. The van der Waals surface area contributed by atoms with Crippen LogP contribution in [0.2, 0.25) is 0 Å². The van der Waals surface area contributed by atoms with Gasteiger partial charge >= 0.3 is 12.4 Å². The van der Waals surface area contributed by atoms with Crippen LogP contribution in [0.3, 0.4) is 0 Å². The smallest absolute Gasteiger partial charge is 0.365 e. The Morgan fingerprint density at radius 1 is 1.00 bits per heavy atom. The molecule has 1 saturated heterocycles. The molecule has 28 heavy (non-hydrogen) atoms. The van der Waals surface area contributed by atoms with Crippen LogP contribution in [0.5, 0.6) is 0 Å². The van der Waals surface area contributed by atoms with E-state index >= 15 is 0 Å². The lowest BCUT2D eigenvalue weighted by molar-refractivity contribution is -0.138. The molecule has 4 nitrogen and oxygen atoms in total. The Morgan fingerprint density at radius 3 is 2.25 bits per heavy atom. The Labute approximate surface area is 157 Å². The minimum Gasteiger partial charge on any atom is -0.365 e. The fourth-order valence-corrected chi connectivity index (χ4v) is 3.20. The van der Waals surface area contributed by atoms with Crippen LogP contribution in [0.4, 0.5) is 32.2 Å². The number of hydrogen-bond acceptors (Lipinski definition) is 4. The van der Waals surface area contributed by atoms with Gasteiger partial charge in [0.2, 0.25) is 0 Å². The summed E-state index contributed by atoms with van der Waals surface area (Å²) in [5, 5.41) is 10.4. The van der Waals surface area contributed by atoms with Crippen molar-refractivity contribution in [3.63, 3.8) is 0 Å². The molecule has 0 radical (unpaired) electrons. The summed E-state index contributed by atoms with van der Waals surface area (Å²) in [5.74, 6) is -0.0108. The van der Waals surface area contributed by atoms with Crippen LogP contribution in [0.25, 0.3) is 11.3 Å². The normalized spacial score (nSPS) is 18.9. The van der Waals surface area contributed by atoms with Gasteiger partial charge in [0.05, 0.1) is 11.1 Å². The number of hydrogen-bond donors (Lipinski definition) is 1. The molecule has 1 N–H and O–H groups in total. The molecule has 152 valence electrons. The van der Waals surface area contributed by atoms with E-state index in [4.69, 9.17) is 0 Å². The van der Waals surface area contributed by atoms with Gasteiger partial charge in [-0.3, -0.25) is 0 Å². The number of aromatic nitrogens is 2. The number of benzene rings is 1. The number of piperidine rings is 1. The summed E-state index contributed by atoms with van der Waals surface area (Å²) < 4.78 is 78.6. The molecule has 0 bridgehead atoms. The number of alkyl halides is 6. The van der Waals surface area contributed by atoms with Crippen LogP contribution in [0, 0.1) is 0 Å². The Balaban J connectivity index is 1.91. The third-order valence-electron chi connectivity index (χ3n) is 4.56. The zero-order chi connectivity index (χ0) is 20.5. The first-order chi connectivity index (χ1) is 13.0. The van der Waals surface area contributed by atoms with Crippen molar-refractivity contribution >= 4 is 5.82 Å². The first-order valence-electron chi connectivity index (χ1n) is 8.61. The molecule has 0 saturated carbocycles. The van der Waals surface area contributed by atoms with Gasteiger partial charge in [-0.1, -0.05) is 12.1 Å². The van der Waals surface area contributed by atoms with Crippen molar-refractivity contribution in [1.29, 1.82) is 0 Å². The van der Waals surface area contributed by atoms with E-state index in [1.165, 1.54) is 0 Å². The number of nitrogens with one attached hydrogen (secondary N) is 1. The van der Waals surface area contributed by atoms with Gasteiger partial charge in [0.25, 0.3) is 0 Å². The van der Waals surface area contributed by atoms with Crippen LogP contribution in [0.1, 0.15) is 24.0 Å². The average Bonchev–Trinajstić information content (AvgIpc) is 2.60. The number of likely N-dealkylation sites (N-methyl/N-ethyl adjacent to an activating group) is 1. The van der Waals surface area contributed by atoms with Crippen molar-refractivity contribution in [3.8, 4) is 11.3 Å². The number of anilines is 1. The van der Waals surface area contributed by atoms with Gasteiger partial charge in [-0.2, -0.15) is 26.3 Å². The summed E-state index contributed by atoms with van der Waals surface area (Å²) in [4.78, 5) is 2.07. The maximum Gasteiger partial charge on any atom is 0.418 e. The molecule has 1 atom stereocenters. The number of halogens is 6. The third kappa shape index (κ3) is 4.73. The average molecular weight is 404 g/mol. The van der Waals surface area contributed by atoms with E-state index in [-0.39, 0.29) is 17.4 Å². The SMILES string of the molecule is CN1CCC[C@@H](Nc2cc(C(F)(F)F)c(-c3ccc(C(F)(F)F)cc3)nn2)C1. The lowest BCUT2D eigenvalue weighted by Gasteiger charge is -2.30. The molecule has 1 aliphatic heterocycles. The van der Waals surface area contributed by atoms with Crippen molar-refractivity contribution < 1.29 is 26.3 Å². The van der Waals surface area contributed by atoms with Gasteiger partial charge < -0.3 is 10.2 Å². The Bertz CT molecular complexity index is 816. The van der Waals surface area contributed by atoms with Gasteiger partial charge in [0.15, 0.2) is 0 Å². The molecule has 0 amide bonds. The van der Waals surface area contributed by atoms with E-state index in [2.05, 4.69) is 20.4 Å². The number of likely N-dealkylation sites (tertiary alicyclic amines) is 1. The highest BCUT2D eigenvalue weighted by atomic mass is 19.4. The minimum atomic E-state index is -4.73. The molecule has 1 aliphatic rings. The summed E-state index contributed by atoms with van der Waals surface area (Å²) in [5.41, 5.74) is -2.59. The molecule has 1 fully saturated rings. The predicted molar refractivity (Wildman–Crippen MR) is 91.6 cm³/mol. The lowest BCUT2D eigenvalue weighted by atomic mass is 10.0. The second-order valence-electron chi connectivity index (χ2n) is 6.81. The summed E-state index contributed by atoms with van der Waals surface area (Å²) >= 11 is 0. The minimum absolute atomic E-state index is 0.0108. The first kappa shape index (κ1) is 20.4. The van der Waals surface area contributed by atoms with E-state index in [9.17, 15) is 26.3 Å². The Morgan fingerprint density at radius 2 is 1.68 bits per heavy atom. The summed E-state index contributed by atoms with van der Waals surface area (Å²) in [6, 6.07) is 4.18. The van der Waals surface area contributed by atoms with E-state index < -0.39 is 29.2 Å². The fourth-order valence-electron chi connectivity index (χ4n) is 3.20. The van der Waals surface area contributed by atoms with E-state index in [1.807, 2.05) is 7.05 Å². The molecular formula is C18H18F6N4. The molecule has 3 rings (SSSR count). The van der Waals surface area contributed by atoms with Gasteiger partial charge in [-0.15, -0.1) is 10.2 Å². The molecular weight excluding hydrogens is 386 g/mol. The highest BCUT2D eigenvalue weighted by Crippen LogP contribution is 2.38. The third-order valence-corrected chi connectivity index (χ3v) is 4.56. The van der Waals surface area contributed by atoms with Crippen LogP contribution in [-0.4, -0.2) is 41.3 Å². The van der Waals surface area contributed by atoms with Crippen molar-refractivity contribution in [3.05, 3.63) is 41.5 Å². The van der Waals surface area contributed by atoms with Crippen molar-refractivity contribution in [2.75, 3.05) is 25.5 Å². The molecule has 0 unspecified atom stereocenters. The Kier molecular flexibility index (Phi) is 5.51. The zero-order valence-corrected chi connectivity index (χ0v) is 14.9. The highest BCUT2D eigenvalue weighted by molar-refractivity contribution is 5.65. The van der Waals surface area contributed by atoms with Crippen LogP contribution >= 0.6 is 0 Å². The molecule has 10 heteroatoms. The van der Waals surface area contributed by atoms with Crippen LogP contribution in [0.15, 0.2) is 30.3 Å². The highest BCUT2D eigenvalue weighted by Gasteiger charge is 2.36. The maximum atomic E-state index is 13.5. The van der Waals surface area contributed by atoms with Gasteiger partial charge in [0, 0.05) is 18.2 Å². The second-order valence-corrected chi connectivity index (χ2v) is 6.81. The number of rotatable bonds is 3. The lowest BCUT2D eigenvalue weighted by Crippen LogP contribution is -2.40. The summed E-state index contributed by atoms with van der Waals surface area (Å²) in [6.45, 7) is 1.59. The van der Waals surface area contributed by atoms with E-state index in [0.29, 0.717) is 6.54 Å². The topological polar surface area (TPSA) is 41.0 Å². The standard InChI is InChI=1S/C18H18F6N4/c1-28-8-2-3-13(10-28)25-15-9-14(18(22,23)24)16(27-26-15)11-4-6-12(7-5-11)17(19,20)21/h4-7,9,13H,2-3,8,10H2,1H3,(H,25,26)/t13-/m1/s1. The first-order valence-corrected chi connectivity index (χ1v) is 8.61. The van der Waals surface area contributed by atoms with Gasteiger partial charge in [0.1, 0.15) is 11.5 Å². The van der Waals surface area contributed by atoms with Crippen molar-refractivity contribution in [2.24, 2.45) is 0 Å². The molecule has 1 aromatic heterocycles. The predicted octanol–water partition coefficient (Wildman–Crippen LogP) is 4.69. The van der Waals surface area contributed by atoms with Gasteiger partial charge in [-0.05, 0) is 44.6 Å². The van der Waals surface area contributed by atoms with Crippen LogP contribution in [-0.2, 0) is 12.4 Å². The molecule has 2 aromatic rings. The second kappa shape index (κ2) is 7.57. The maximum absolute atomic E-state index is 13.5. The van der Waals surface area contributed by atoms with Gasteiger partial charge in [-0.25, -0.2) is 0 Å². The van der Waals surface area contributed by atoms with Crippen molar-refractivity contribution in [1.82, 2.24) is 15.1 Å². The quantitative estimate of drug-likeness (QED) is 0.754. The molecule has 0 spiro atoms.